The first-order valence-electron chi connectivity index (χ1n) is 10.8. The number of anilines is 1. The summed E-state index contributed by atoms with van der Waals surface area (Å²) in [5.74, 6) is -0.513. The fourth-order valence-corrected chi connectivity index (χ4v) is 5.98. The molecule has 1 saturated heterocycles. The van der Waals surface area contributed by atoms with Gasteiger partial charge in [-0.15, -0.1) is 0 Å². The van der Waals surface area contributed by atoms with Gasteiger partial charge in [-0.05, 0) is 47.2 Å². The van der Waals surface area contributed by atoms with Gasteiger partial charge >= 0.3 is 0 Å². The van der Waals surface area contributed by atoms with Crippen LogP contribution in [0.3, 0.4) is 0 Å². The van der Waals surface area contributed by atoms with Gasteiger partial charge in [-0.2, -0.15) is 0 Å². The highest BCUT2D eigenvalue weighted by atomic mass is 79.9. The van der Waals surface area contributed by atoms with Crippen LogP contribution < -0.4 is 10.6 Å². The van der Waals surface area contributed by atoms with Crippen LogP contribution in [0.2, 0.25) is 5.02 Å². The van der Waals surface area contributed by atoms with Crippen LogP contribution in [0.25, 0.3) is 0 Å². The lowest BCUT2D eigenvalue weighted by Gasteiger charge is -2.37. The lowest BCUT2D eigenvalue weighted by molar-refractivity contribution is -0.131. The number of carbonyl (C=O) groups is 2. The van der Waals surface area contributed by atoms with Crippen molar-refractivity contribution >= 4 is 45.0 Å². The molecule has 0 saturated carbocycles. The minimum Gasteiger partial charge on any atom is -0.347 e. The number of benzene rings is 2. The molecule has 0 aliphatic carbocycles. The molecule has 5 nitrogen and oxygen atoms in total. The standard InChI is InChI=1S/C25H29BrClN3O2/c1-24(2,3)13-19-25(17-10-9-16(27)12-18(17)28-23(25)32)20(14-7-6-8-15(26)11-14)21(29-19)22(31)30(4)5/h6-12,19-21,29H,13H2,1-5H3,(H,28,32). The van der Waals surface area contributed by atoms with Crippen LogP contribution in [0.1, 0.15) is 44.2 Å². The van der Waals surface area contributed by atoms with Crippen molar-refractivity contribution in [3.05, 3.63) is 63.1 Å². The molecule has 0 bridgehead atoms. The molecule has 2 aliphatic rings. The van der Waals surface area contributed by atoms with Crippen molar-refractivity contribution in [2.45, 2.75) is 50.6 Å². The van der Waals surface area contributed by atoms with E-state index in [1.54, 1.807) is 25.1 Å². The molecule has 4 atom stereocenters. The van der Waals surface area contributed by atoms with Gasteiger partial charge in [-0.25, -0.2) is 0 Å². The maximum absolute atomic E-state index is 13.9. The van der Waals surface area contributed by atoms with Crippen molar-refractivity contribution in [2.24, 2.45) is 5.41 Å². The topological polar surface area (TPSA) is 61.4 Å². The Hall–Kier alpha value is -1.89. The first-order chi connectivity index (χ1) is 14.9. The summed E-state index contributed by atoms with van der Waals surface area (Å²) in [6, 6.07) is 12.7. The number of hydrogen-bond donors (Lipinski definition) is 2. The second kappa shape index (κ2) is 8.15. The second-order valence-electron chi connectivity index (χ2n) is 10.2. The number of nitrogens with zero attached hydrogens (tertiary/aromatic N) is 1. The van der Waals surface area contributed by atoms with Gasteiger partial charge in [-0.1, -0.05) is 66.5 Å². The molecule has 2 aliphatic heterocycles. The highest BCUT2D eigenvalue weighted by molar-refractivity contribution is 9.10. The quantitative estimate of drug-likeness (QED) is 0.605. The molecular weight excluding hydrogens is 490 g/mol. The minimum absolute atomic E-state index is 0.0408. The number of nitrogens with one attached hydrogen (secondary N) is 2. The first-order valence-corrected chi connectivity index (χ1v) is 12.0. The molecule has 1 spiro atoms. The number of carbonyl (C=O) groups excluding carboxylic acids is 2. The predicted octanol–water partition coefficient (Wildman–Crippen LogP) is 4.94. The lowest BCUT2D eigenvalue weighted by Crippen LogP contribution is -2.49. The predicted molar refractivity (Wildman–Crippen MR) is 132 cm³/mol. The van der Waals surface area contributed by atoms with Gasteiger partial charge in [0.1, 0.15) is 5.41 Å². The number of halogens is 2. The number of amides is 2. The van der Waals surface area contributed by atoms with E-state index in [2.05, 4.69) is 47.3 Å². The van der Waals surface area contributed by atoms with Crippen molar-refractivity contribution in [3.8, 4) is 0 Å². The van der Waals surface area contributed by atoms with E-state index in [0.717, 1.165) is 27.7 Å². The Morgan fingerprint density at radius 2 is 1.91 bits per heavy atom. The highest BCUT2D eigenvalue weighted by Gasteiger charge is 2.65. The van der Waals surface area contributed by atoms with E-state index < -0.39 is 11.5 Å². The van der Waals surface area contributed by atoms with Gasteiger partial charge in [0, 0.05) is 41.2 Å². The SMILES string of the molecule is CN(C)C(=O)C1NC(CC(C)(C)C)C2(C(=O)Nc3cc(Cl)ccc32)C1c1cccc(Br)c1. The summed E-state index contributed by atoms with van der Waals surface area (Å²) in [7, 11) is 3.52. The Balaban J connectivity index is 2.01. The number of hydrogen-bond acceptors (Lipinski definition) is 3. The van der Waals surface area contributed by atoms with E-state index in [1.807, 2.05) is 36.4 Å². The molecule has 2 heterocycles. The Morgan fingerprint density at radius 3 is 2.53 bits per heavy atom. The van der Waals surface area contributed by atoms with Gasteiger partial charge in [0.2, 0.25) is 11.8 Å². The van der Waals surface area contributed by atoms with Crippen LogP contribution in [0.15, 0.2) is 46.9 Å². The smallest absolute Gasteiger partial charge is 0.239 e. The number of likely N-dealkylation sites (N-methyl/N-ethyl adjacent to an activating group) is 1. The summed E-state index contributed by atoms with van der Waals surface area (Å²) in [6.45, 7) is 6.48. The van der Waals surface area contributed by atoms with Gasteiger partial charge in [-0.3, -0.25) is 9.59 Å². The maximum atomic E-state index is 13.9. The zero-order valence-electron chi connectivity index (χ0n) is 19.0. The van der Waals surface area contributed by atoms with E-state index in [-0.39, 0.29) is 29.2 Å². The average Bonchev–Trinajstić information content (AvgIpc) is 3.15. The van der Waals surface area contributed by atoms with E-state index in [1.165, 1.54) is 0 Å². The summed E-state index contributed by atoms with van der Waals surface area (Å²) in [5.41, 5.74) is 1.57. The minimum atomic E-state index is -0.940. The van der Waals surface area contributed by atoms with Crippen LogP contribution in [0.4, 0.5) is 5.69 Å². The molecule has 2 aromatic rings. The molecule has 32 heavy (non-hydrogen) atoms. The normalized spacial score (nSPS) is 26.8. The van der Waals surface area contributed by atoms with Crippen LogP contribution in [-0.2, 0) is 15.0 Å². The first kappa shape index (κ1) is 23.3. The fourth-order valence-electron chi connectivity index (χ4n) is 5.39. The van der Waals surface area contributed by atoms with Crippen LogP contribution in [0.5, 0.6) is 0 Å². The van der Waals surface area contributed by atoms with Crippen LogP contribution in [-0.4, -0.2) is 42.9 Å². The molecule has 2 amide bonds. The van der Waals surface area contributed by atoms with E-state index in [9.17, 15) is 9.59 Å². The maximum Gasteiger partial charge on any atom is 0.239 e. The molecule has 2 N–H and O–H groups in total. The third kappa shape index (κ3) is 3.76. The van der Waals surface area contributed by atoms with Crippen molar-refractivity contribution in [1.29, 1.82) is 0 Å². The zero-order valence-corrected chi connectivity index (χ0v) is 21.3. The lowest BCUT2D eigenvalue weighted by atomic mass is 9.62. The van der Waals surface area contributed by atoms with Gasteiger partial charge < -0.3 is 15.5 Å². The van der Waals surface area contributed by atoms with Crippen molar-refractivity contribution in [2.75, 3.05) is 19.4 Å². The van der Waals surface area contributed by atoms with E-state index in [0.29, 0.717) is 5.02 Å². The zero-order chi connectivity index (χ0) is 23.4. The van der Waals surface area contributed by atoms with Gasteiger partial charge in [0.25, 0.3) is 0 Å². The summed E-state index contributed by atoms with van der Waals surface area (Å²) >= 11 is 9.85. The van der Waals surface area contributed by atoms with Crippen molar-refractivity contribution < 1.29 is 9.59 Å². The van der Waals surface area contributed by atoms with Gasteiger partial charge in [0.05, 0.1) is 6.04 Å². The molecular formula is C25H29BrClN3O2. The molecule has 7 heteroatoms. The molecule has 170 valence electrons. The third-order valence-electron chi connectivity index (χ3n) is 6.54. The summed E-state index contributed by atoms with van der Waals surface area (Å²) in [5, 5.41) is 7.27. The fraction of sp³-hybridized carbons (Fsp3) is 0.440. The number of rotatable bonds is 3. The molecule has 0 aromatic heterocycles. The Morgan fingerprint density at radius 1 is 1.19 bits per heavy atom. The molecule has 1 fully saturated rings. The summed E-state index contributed by atoms with van der Waals surface area (Å²) < 4.78 is 0.912. The molecule has 4 rings (SSSR count). The second-order valence-corrected chi connectivity index (χ2v) is 11.6. The number of fused-ring (bicyclic) bond motifs is 2. The Labute approximate surface area is 203 Å². The van der Waals surface area contributed by atoms with Crippen LogP contribution in [0, 0.1) is 5.41 Å². The third-order valence-corrected chi connectivity index (χ3v) is 7.26. The molecule has 2 aromatic carbocycles. The van der Waals surface area contributed by atoms with E-state index >= 15 is 0 Å². The average molecular weight is 519 g/mol. The monoisotopic (exact) mass is 517 g/mol. The highest BCUT2D eigenvalue weighted by Crippen LogP contribution is 2.56. The van der Waals surface area contributed by atoms with Gasteiger partial charge in [0.15, 0.2) is 0 Å². The summed E-state index contributed by atoms with van der Waals surface area (Å²) in [6.07, 6.45) is 0.726. The molecule has 4 unspecified atom stereocenters. The summed E-state index contributed by atoms with van der Waals surface area (Å²) in [4.78, 5) is 29.0. The van der Waals surface area contributed by atoms with Crippen LogP contribution >= 0.6 is 27.5 Å². The Kier molecular flexibility index (Phi) is 5.93. The Bertz CT molecular complexity index is 1080. The van der Waals surface area contributed by atoms with Crippen molar-refractivity contribution in [3.63, 3.8) is 0 Å². The largest absolute Gasteiger partial charge is 0.347 e. The van der Waals surface area contributed by atoms with Crippen molar-refractivity contribution in [1.82, 2.24) is 10.2 Å². The molecule has 0 radical (unpaired) electrons. The van der Waals surface area contributed by atoms with E-state index in [4.69, 9.17) is 11.6 Å².